The molecule has 0 aliphatic rings. The first-order valence-corrected chi connectivity index (χ1v) is 9.44. The molecule has 152 valence electrons. The summed E-state index contributed by atoms with van der Waals surface area (Å²) in [5, 5.41) is 24.7. The third-order valence-corrected chi connectivity index (χ3v) is 4.80. The van der Waals surface area contributed by atoms with Crippen LogP contribution in [0.1, 0.15) is 25.3 Å². The molecule has 1 unspecified atom stereocenters. The minimum Gasteiger partial charge on any atom is -0.395 e. The molecule has 1 aromatic heterocycles. The number of nitrogens with zero attached hydrogens (tertiary/aromatic N) is 4. The predicted molar refractivity (Wildman–Crippen MR) is 108 cm³/mol. The van der Waals surface area contributed by atoms with Gasteiger partial charge in [-0.25, -0.2) is 0 Å². The van der Waals surface area contributed by atoms with E-state index in [9.17, 15) is 15.2 Å². The molecule has 0 amide bonds. The molecule has 0 aliphatic heterocycles. The molecule has 0 saturated heterocycles. The molecule has 8 heteroatoms. The molecule has 0 radical (unpaired) electrons. The average molecular weight is 396 g/mol. The molecule has 3 aromatic rings. The topological polar surface area (TPSA) is 106 Å². The minimum absolute atomic E-state index is 0.00854. The highest BCUT2D eigenvalue weighted by Gasteiger charge is 2.24. The third kappa shape index (κ3) is 5.24. The standard InChI is InChI=1S/C21H24N4O4/c1-15(2)19(14-26)24(12-16-6-4-3-5-7-16)13-20-22-21(23-29-20)17-8-10-18(11-9-17)25(27)28/h3-11,15,19,26H,12-14H2,1-2H3. The fourth-order valence-electron chi connectivity index (χ4n) is 3.20. The summed E-state index contributed by atoms with van der Waals surface area (Å²) in [6.07, 6.45) is 0. The third-order valence-electron chi connectivity index (χ3n) is 4.80. The Labute approximate surface area is 168 Å². The second-order valence-electron chi connectivity index (χ2n) is 7.20. The van der Waals surface area contributed by atoms with Crippen LogP contribution in [0.4, 0.5) is 5.69 Å². The molecule has 3 rings (SSSR count). The summed E-state index contributed by atoms with van der Waals surface area (Å²) in [7, 11) is 0. The summed E-state index contributed by atoms with van der Waals surface area (Å²) < 4.78 is 5.42. The van der Waals surface area contributed by atoms with Crippen molar-refractivity contribution in [1.82, 2.24) is 15.0 Å². The Hall–Kier alpha value is -3.10. The molecule has 0 spiro atoms. The number of aliphatic hydroxyl groups excluding tert-OH is 1. The number of aliphatic hydroxyl groups is 1. The van der Waals surface area contributed by atoms with Gasteiger partial charge >= 0.3 is 0 Å². The lowest BCUT2D eigenvalue weighted by Gasteiger charge is -2.32. The van der Waals surface area contributed by atoms with Crippen LogP contribution in [0.3, 0.4) is 0 Å². The van der Waals surface area contributed by atoms with E-state index in [4.69, 9.17) is 4.52 Å². The van der Waals surface area contributed by atoms with Crippen molar-refractivity contribution in [3.05, 3.63) is 76.2 Å². The number of hydrogen-bond acceptors (Lipinski definition) is 7. The lowest BCUT2D eigenvalue weighted by atomic mass is 10.0. The summed E-state index contributed by atoms with van der Waals surface area (Å²) in [5.74, 6) is 1.04. The van der Waals surface area contributed by atoms with Gasteiger partial charge in [-0.1, -0.05) is 49.3 Å². The maximum atomic E-state index is 10.8. The van der Waals surface area contributed by atoms with Gasteiger partial charge in [-0.15, -0.1) is 0 Å². The Morgan fingerprint density at radius 1 is 1.10 bits per heavy atom. The molecule has 1 N–H and O–H groups in total. The van der Waals surface area contributed by atoms with E-state index in [1.54, 1.807) is 12.1 Å². The van der Waals surface area contributed by atoms with Gasteiger partial charge in [0.2, 0.25) is 11.7 Å². The van der Waals surface area contributed by atoms with Crippen LogP contribution in [0.5, 0.6) is 0 Å². The Bertz CT molecular complexity index is 925. The van der Waals surface area contributed by atoms with E-state index in [1.807, 2.05) is 30.3 Å². The minimum atomic E-state index is -0.451. The van der Waals surface area contributed by atoms with Gasteiger partial charge in [-0.05, 0) is 23.6 Å². The zero-order valence-electron chi connectivity index (χ0n) is 16.4. The molecular formula is C21H24N4O4. The first kappa shape index (κ1) is 20.6. The Kier molecular flexibility index (Phi) is 6.69. The summed E-state index contributed by atoms with van der Waals surface area (Å²) in [5.41, 5.74) is 1.78. The fourth-order valence-corrected chi connectivity index (χ4v) is 3.20. The molecular weight excluding hydrogens is 372 g/mol. The van der Waals surface area contributed by atoms with Gasteiger partial charge in [-0.2, -0.15) is 4.98 Å². The Morgan fingerprint density at radius 3 is 2.38 bits per heavy atom. The van der Waals surface area contributed by atoms with Gasteiger partial charge in [0.1, 0.15) is 0 Å². The van der Waals surface area contributed by atoms with E-state index < -0.39 is 4.92 Å². The predicted octanol–water partition coefficient (Wildman–Crippen LogP) is 3.66. The number of hydrogen-bond donors (Lipinski definition) is 1. The summed E-state index contributed by atoms with van der Waals surface area (Å²) in [6.45, 7) is 5.18. The molecule has 0 saturated carbocycles. The van der Waals surface area contributed by atoms with Crippen LogP contribution in [0.15, 0.2) is 59.1 Å². The number of nitro benzene ring substituents is 1. The van der Waals surface area contributed by atoms with Gasteiger partial charge in [0.15, 0.2) is 0 Å². The first-order chi connectivity index (χ1) is 14.0. The van der Waals surface area contributed by atoms with E-state index in [0.29, 0.717) is 30.4 Å². The van der Waals surface area contributed by atoms with Crippen molar-refractivity contribution in [3.63, 3.8) is 0 Å². The molecule has 1 atom stereocenters. The second kappa shape index (κ2) is 9.40. The molecule has 29 heavy (non-hydrogen) atoms. The van der Waals surface area contributed by atoms with Crippen LogP contribution in [0, 0.1) is 16.0 Å². The molecule has 1 heterocycles. The maximum absolute atomic E-state index is 10.8. The number of benzene rings is 2. The highest BCUT2D eigenvalue weighted by Crippen LogP contribution is 2.22. The maximum Gasteiger partial charge on any atom is 0.269 e. The van der Waals surface area contributed by atoms with Crippen molar-refractivity contribution in [2.24, 2.45) is 5.92 Å². The Balaban J connectivity index is 1.79. The average Bonchev–Trinajstić information content (AvgIpc) is 3.17. The number of rotatable bonds is 9. The van der Waals surface area contributed by atoms with Crippen molar-refractivity contribution in [3.8, 4) is 11.4 Å². The van der Waals surface area contributed by atoms with Crippen LogP contribution in [0.25, 0.3) is 11.4 Å². The normalized spacial score (nSPS) is 12.4. The summed E-state index contributed by atoms with van der Waals surface area (Å²) in [4.78, 5) is 16.9. The van der Waals surface area contributed by atoms with Crippen molar-refractivity contribution in [2.45, 2.75) is 33.0 Å². The van der Waals surface area contributed by atoms with E-state index in [1.165, 1.54) is 12.1 Å². The number of aromatic nitrogens is 2. The summed E-state index contributed by atoms with van der Waals surface area (Å²) in [6, 6.07) is 16.0. The van der Waals surface area contributed by atoms with Crippen molar-refractivity contribution in [1.29, 1.82) is 0 Å². The van der Waals surface area contributed by atoms with Crippen molar-refractivity contribution >= 4 is 5.69 Å². The molecule has 2 aromatic carbocycles. The van der Waals surface area contributed by atoms with E-state index in [0.717, 1.165) is 5.56 Å². The van der Waals surface area contributed by atoms with E-state index in [2.05, 4.69) is 28.9 Å². The molecule has 0 fully saturated rings. The monoisotopic (exact) mass is 396 g/mol. The highest BCUT2D eigenvalue weighted by molar-refractivity contribution is 5.56. The largest absolute Gasteiger partial charge is 0.395 e. The lowest BCUT2D eigenvalue weighted by molar-refractivity contribution is -0.384. The highest BCUT2D eigenvalue weighted by atomic mass is 16.6. The van der Waals surface area contributed by atoms with Crippen LogP contribution >= 0.6 is 0 Å². The van der Waals surface area contributed by atoms with E-state index >= 15 is 0 Å². The van der Waals surface area contributed by atoms with Crippen LogP contribution < -0.4 is 0 Å². The van der Waals surface area contributed by atoms with Gasteiger partial charge in [-0.3, -0.25) is 15.0 Å². The van der Waals surface area contributed by atoms with Crippen LogP contribution in [-0.4, -0.2) is 37.7 Å². The number of nitro groups is 1. The smallest absolute Gasteiger partial charge is 0.269 e. The van der Waals surface area contributed by atoms with Gasteiger partial charge < -0.3 is 9.63 Å². The summed E-state index contributed by atoms with van der Waals surface area (Å²) >= 11 is 0. The van der Waals surface area contributed by atoms with Crippen molar-refractivity contribution < 1.29 is 14.6 Å². The quantitative estimate of drug-likeness (QED) is 0.434. The SMILES string of the molecule is CC(C)C(CO)N(Cc1ccccc1)Cc1nc(-c2ccc([N+](=O)[O-])cc2)no1. The van der Waals surface area contributed by atoms with Crippen LogP contribution in [0.2, 0.25) is 0 Å². The van der Waals surface area contributed by atoms with Gasteiger partial charge in [0, 0.05) is 30.3 Å². The van der Waals surface area contributed by atoms with E-state index in [-0.39, 0.29) is 24.3 Å². The molecule has 0 aliphatic carbocycles. The first-order valence-electron chi connectivity index (χ1n) is 9.44. The van der Waals surface area contributed by atoms with Crippen LogP contribution in [-0.2, 0) is 13.1 Å². The zero-order valence-corrected chi connectivity index (χ0v) is 16.4. The van der Waals surface area contributed by atoms with Gasteiger partial charge in [0.05, 0.1) is 18.1 Å². The van der Waals surface area contributed by atoms with Crippen molar-refractivity contribution in [2.75, 3.05) is 6.61 Å². The fraction of sp³-hybridized carbons (Fsp3) is 0.333. The number of non-ortho nitro benzene ring substituents is 1. The zero-order chi connectivity index (χ0) is 20.8. The molecule has 0 bridgehead atoms. The molecule has 8 nitrogen and oxygen atoms in total. The Morgan fingerprint density at radius 2 is 1.79 bits per heavy atom. The second-order valence-corrected chi connectivity index (χ2v) is 7.20. The van der Waals surface area contributed by atoms with Gasteiger partial charge in [0.25, 0.3) is 5.69 Å². The lowest BCUT2D eigenvalue weighted by Crippen LogP contribution is -2.40.